The molecule has 0 aromatic heterocycles. The number of benzene rings is 1. The summed E-state index contributed by atoms with van der Waals surface area (Å²) in [6, 6.07) is 5.97. The number of oxime groups is 1. The normalized spacial score (nSPS) is 15.7. The van der Waals surface area contributed by atoms with E-state index in [9.17, 15) is 0 Å². The molecule has 0 unspecified atom stereocenters. The van der Waals surface area contributed by atoms with Gasteiger partial charge >= 0.3 is 0 Å². The van der Waals surface area contributed by atoms with Crippen molar-refractivity contribution in [2.75, 3.05) is 20.3 Å². The Hall–Kier alpha value is -1.79. The summed E-state index contributed by atoms with van der Waals surface area (Å²) in [6.07, 6.45) is 2.34. The molecule has 1 fully saturated rings. The molecule has 0 radical (unpaired) electrons. The maximum atomic E-state index is 9.15. The molecule has 4 N–H and O–H groups in total. The number of ether oxygens (including phenoxy) is 1. The summed E-state index contributed by atoms with van der Waals surface area (Å²) >= 11 is 0. The molecule has 6 nitrogen and oxygen atoms in total. The van der Waals surface area contributed by atoms with E-state index < -0.39 is 0 Å². The first kappa shape index (κ1) is 14.6. The summed E-state index contributed by atoms with van der Waals surface area (Å²) < 4.78 is 5.36. The van der Waals surface area contributed by atoms with Gasteiger partial charge in [0, 0.05) is 30.3 Å². The number of methoxy groups -OCH3 is 1. The van der Waals surface area contributed by atoms with Gasteiger partial charge in [0.25, 0.3) is 0 Å². The quantitative estimate of drug-likeness (QED) is 0.296. The van der Waals surface area contributed by atoms with Crippen LogP contribution in [-0.2, 0) is 6.54 Å². The zero-order chi connectivity index (χ0) is 14.5. The molecule has 1 saturated carbocycles. The second kappa shape index (κ2) is 6.58. The van der Waals surface area contributed by atoms with Crippen LogP contribution in [0.5, 0.6) is 5.75 Å². The minimum Gasteiger partial charge on any atom is -0.496 e. The Balaban J connectivity index is 2.22. The number of hydrogen-bond donors (Lipinski definition) is 3. The highest BCUT2D eigenvalue weighted by Gasteiger charge is 2.29. The third-order valence-electron chi connectivity index (χ3n) is 3.51. The van der Waals surface area contributed by atoms with E-state index in [1.54, 1.807) is 13.2 Å². The largest absolute Gasteiger partial charge is 0.496 e. The minimum absolute atomic E-state index is 0.0778. The van der Waals surface area contributed by atoms with Gasteiger partial charge in [-0.25, -0.2) is 0 Å². The van der Waals surface area contributed by atoms with Gasteiger partial charge in [0.15, 0.2) is 5.84 Å². The minimum atomic E-state index is 0.0778. The van der Waals surface area contributed by atoms with Crippen LogP contribution in [0.2, 0.25) is 0 Å². The van der Waals surface area contributed by atoms with Gasteiger partial charge in [0.05, 0.1) is 13.7 Å². The molecule has 1 aromatic rings. The smallest absolute Gasteiger partial charge is 0.170 e. The van der Waals surface area contributed by atoms with Gasteiger partial charge in [-0.05, 0) is 31.0 Å². The van der Waals surface area contributed by atoms with E-state index >= 15 is 0 Å². The molecule has 0 atom stereocenters. The fourth-order valence-electron chi connectivity index (χ4n) is 2.30. The second-order valence-electron chi connectivity index (χ2n) is 4.94. The van der Waals surface area contributed by atoms with Crippen molar-refractivity contribution in [2.24, 2.45) is 10.9 Å². The molecule has 1 aromatic carbocycles. The van der Waals surface area contributed by atoms with Gasteiger partial charge in [0.1, 0.15) is 5.75 Å². The van der Waals surface area contributed by atoms with Gasteiger partial charge in [-0.3, -0.25) is 4.90 Å². The van der Waals surface area contributed by atoms with Crippen LogP contribution >= 0.6 is 0 Å². The molecule has 20 heavy (non-hydrogen) atoms. The predicted molar refractivity (Wildman–Crippen MR) is 76.0 cm³/mol. The molecule has 0 heterocycles. The SMILES string of the molecule is COc1ccc(/C(N)=N/O)cc1CN(CCO)C1CC1. The molecular weight excluding hydrogens is 258 g/mol. The summed E-state index contributed by atoms with van der Waals surface area (Å²) in [4.78, 5) is 2.23. The molecule has 0 spiro atoms. The molecule has 0 amide bonds. The van der Waals surface area contributed by atoms with E-state index in [4.69, 9.17) is 20.8 Å². The molecule has 0 aliphatic heterocycles. The number of nitrogens with zero attached hydrogens (tertiary/aromatic N) is 2. The summed E-state index contributed by atoms with van der Waals surface area (Å²) in [5.41, 5.74) is 7.25. The summed E-state index contributed by atoms with van der Waals surface area (Å²) in [5, 5.41) is 20.9. The number of rotatable bonds is 7. The Labute approximate surface area is 118 Å². The van der Waals surface area contributed by atoms with Crippen LogP contribution in [0, 0.1) is 0 Å². The zero-order valence-corrected chi connectivity index (χ0v) is 11.6. The van der Waals surface area contributed by atoms with Crippen LogP contribution in [0.3, 0.4) is 0 Å². The first-order valence-corrected chi connectivity index (χ1v) is 6.69. The molecule has 110 valence electrons. The fourth-order valence-corrected chi connectivity index (χ4v) is 2.30. The highest BCUT2D eigenvalue weighted by molar-refractivity contribution is 5.97. The number of hydrogen-bond acceptors (Lipinski definition) is 5. The van der Waals surface area contributed by atoms with E-state index in [1.807, 2.05) is 12.1 Å². The van der Waals surface area contributed by atoms with Crippen LogP contribution in [0.25, 0.3) is 0 Å². The summed E-state index contributed by atoms with van der Waals surface area (Å²) in [5.74, 6) is 0.845. The maximum absolute atomic E-state index is 9.15. The van der Waals surface area contributed by atoms with Crippen molar-refractivity contribution in [1.82, 2.24) is 4.90 Å². The average molecular weight is 279 g/mol. The molecular formula is C14H21N3O3. The first-order valence-electron chi connectivity index (χ1n) is 6.69. The van der Waals surface area contributed by atoms with Crippen LogP contribution in [0.15, 0.2) is 23.4 Å². The standard InChI is InChI=1S/C14H21N3O3/c1-20-13-5-2-10(14(15)16-19)8-11(13)9-17(6-7-18)12-3-4-12/h2,5,8,12,18-19H,3-4,6-7,9H2,1H3,(H2,15,16). The van der Waals surface area contributed by atoms with Crippen LogP contribution in [0.1, 0.15) is 24.0 Å². The van der Waals surface area contributed by atoms with E-state index in [0.29, 0.717) is 24.7 Å². The third kappa shape index (κ3) is 3.40. The first-order chi connectivity index (χ1) is 9.69. The lowest BCUT2D eigenvalue weighted by Crippen LogP contribution is -2.29. The van der Waals surface area contributed by atoms with Crippen LogP contribution < -0.4 is 10.5 Å². The maximum Gasteiger partial charge on any atom is 0.170 e. The number of amidine groups is 1. The Kier molecular flexibility index (Phi) is 4.81. The van der Waals surface area contributed by atoms with Gasteiger partial charge < -0.3 is 20.8 Å². The third-order valence-corrected chi connectivity index (χ3v) is 3.51. The van der Waals surface area contributed by atoms with Crippen molar-refractivity contribution < 1.29 is 15.1 Å². The Morgan fingerprint density at radius 1 is 1.50 bits per heavy atom. The predicted octanol–water partition coefficient (Wildman–Crippen LogP) is 0.746. The highest BCUT2D eigenvalue weighted by Crippen LogP contribution is 2.30. The second-order valence-corrected chi connectivity index (χ2v) is 4.94. The van der Waals surface area contributed by atoms with Crippen LogP contribution in [0.4, 0.5) is 0 Å². The topological polar surface area (TPSA) is 91.3 Å². The molecule has 0 bridgehead atoms. The fraction of sp³-hybridized carbons (Fsp3) is 0.500. The lowest BCUT2D eigenvalue weighted by atomic mass is 10.1. The molecule has 1 aliphatic rings. The number of aliphatic hydroxyl groups excluding tert-OH is 1. The highest BCUT2D eigenvalue weighted by atomic mass is 16.5. The van der Waals surface area contributed by atoms with Crippen molar-refractivity contribution in [3.8, 4) is 5.75 Å². The van der Waals surface area contributed by atoms with E-state index in [-0.39, 0.29) is 12.4 Å². The van der Waals surface area contributed by atoms with Gasteiger partial charge in [-0.15, -0.1) is 0 Å². The van der Waals surface area contributed by atoms with Crippen molar-refractivity contribution in [1.29, 1.82) is 0 Å². The Morgan fingerprint density at radius 2 is 2.25 bits per heavy atom. The summed E-state index contributed by atoms with van der Waals surface area (Å²) in [7, 11) is 1.62. The van der Waals surface area contributed by atoms with Crippen LogP contribution in [-0.4, -0.2) is 47.4 Å². The number of nitrogens with two attached hydrogens (primary N) is 1. The number of aliphatic hydroxyl groups is 1. The molecule has 0 saturated heterocycles. The van der Waals surface area contributed by atoms with E-state index in [0.717, 1.165) is 11.3 Å². The Morgan fingerprint density at radius 3 is 2.80 bits per heavy atom. The molecule has 1 aliphatic carbocycles. The molecule has 6 heteroatoms. The average Bonchev–Trinajstić information content (AvgIpc) is 3.30. The van der Waals surface area contributed by atoms with Crippen molar-refractivity contribution in [2.45, 2.75) is 25.4 Å². The Bertz CT molecular complexity index is 487. The van der Waals surface area contributed by atoms with E-state index in [1.165, 1.54) is 12.8 Å². The van der Waals surface area contributed by atoms with Gasteiger partial charge in [-0.1, -0.05) is 5.16 Å². The summed E-state index contributed by atoms with van der Waals surface area (Å²) in [6.45, 7) is 1.46. The van der Waals surface area contributed by atoms with Crippen molar-refractivity contribution in [3.63, 3.8) is 0 Å². The molecule has 2 rings (SSSR count). The van der Waals surface area contributed by atoms with Gasteiger partial charge in [0.2, 0.25) is 0 Å². The van der Waals surface area contributed by atoms with E-state index in [2.05, 4.69) is 10.1 Å². The zero-order valence-electron chi connectivity index (χ0n) is 11.6. The van der Waals surface area contributed by atoms with Gasteiger partial charge in [-0.2, -0.15) is 0 Å². The monoisotopic (exact) mass is 279 g/mol. The van der Waals surface area contributed by atoms with Crippen molar-refractivity contribution in [3.05, 3.63) is 29.3 Å². The lowest BCUT2D eigenvalue weighted by Gasteiger charge is -2.22. The lowest BCUT2D eigenvalue weighted by molar-refractivity contribution is 0.182. The van der Waals surface area contributed by atoms with Crippen molar-refractivity contribution >= 4 is 5.84 Å².